The van der Waals surface area contributed by atoms with Crippen LogP contribution in [0.15, 0.2) is 42.7 Å². The molecule has 1 aliphatic rings. The number of benzene rings is 1. The van der Waals surface area contributed by atoms with E-state index in [9.17, 15) is 4.79 Å². The van der Waals surface area contributed by atoms with Crippen molar-refractivity contribution < 1.29 is 4.79 Å². The zero-order chi connectivity index (χ0) is 25.8. The summed E-state index contributed by atoms with van der Waals surface area (Å²) in [5.41, 5.74) is 1.99. The van der Waals surface area contributed by atoms with E-state index in [1.807, 2.05) is 59.3 Å². The predicted molar refractivity (Wildman–Crippen MR) is 149 cm³/mol. The Balaban J connectivity index is 0.00000103. The minimum Gasteiger partial charge on any atom is -0.310 e. The van der Waals surface area contributed by atoms with Crippen LogP contribution in [0, 0.1) is 11.8 Å². The first-order chi connectivity index (χ1) is 17.0. The number of fused-ring (bicyclic) bond motifs is 1. The Morgan fingerprint density at radius 1 is 1.06 bits per heavy atom. The van der Waals surface area contributed by atoms with Crippen LogP contribution in [0.25, 0.3) is 22.0 Å². The highest BCUT2D eigenvalue weighted by Crippen LogP contribution is 2.25. The molecule has 192 valence electrons. The number of carbonyl (C=O) groups is 1. The Hall–Kier alpha value is -2.73. The molecule has 0 spiro atoms. The summed E-state index contributed by atoms with van der Waals surface area (Å²) >= 11 is 0. The summed E-state index contributed by atoms with van der Waals surface area (Å²) in [6, 6.07) is 10.2. The van der Waals surface area contributed by atoms with Crippen molar-refractivity contribution in [1.82, 2.24) is 19.7 Å². The van der Waals surface area contributed by atoms with Gasteiger partial charge < -0.3 is 10.2 Å². The molecule has 1 unspecified atom stereocenters. The zero-order valence-electron chi connectivity index (χ0n) is 22.8. The zero-order valence-corrected chi connectivity index (χ0v) is 22.8. The van der Waals surface area contributed by atoms with Crippen LogP contribution in [0.4, 0.5) is 5.82 Å². The van der Waals surface area contributed by atoms with Gasteiger partial charge in [0.15, 0.2) is 0 Å². The maximum Gasteiger partial charge on any atom is 0.228 e. The number of hydrogen-bond acceptors (Lipinski definition) is 4. The normalized spacial score (nSPS) is 16.1. The first-order valence-corrected chi connectivity index (χ1v) is 13.4. The van der Waals surface area contributed by atoms with E-state index in [0.29, 0.717) is 5.82 Å². The molecule has 0 saturated carbocycles. The number of rotatable bonds is 6. The first kappa shape index (κ1) is 28.5. The number of hydrogen-bond donors (Lipinski definition) is 1. The predicted octanol–water partition coefficient (Wildman–Crippen LogP) is 6.77. The number of pyridine rings is 1. The van der Waals surface area contributed by atoms with Gasteiger partial charge in [0.25, 0.3) is 0 Å². The van der Waals surface area contributed by atoms with E-state index in [1.54, 1.807) is 4.68 Å². The molecule has 0 radical (unpaired) electrons. The van der Waals surface area contributed by atoms with Gasteiger partial charge in [-0.1, -0.05) is 53.7 Å². The molecule has 1 aromatic carbocycles. The van der Waals surface area contributed by atoms with Gasteiger partial charge in [-0.15, -0.1) is 0 Å². The molecule has 0 bridgehead atoms. The number of anilines is 1. The Morgan fingerprint density at radius 2 is 1.83 bits per heavy atom. The third-order valence-corrected chi connectivity index (χ3v) is 6.20. The Labute approximate surface area is 212 Å². The summed E-state index contributed by atoms with van der Waals surface area (Å²) in [6.07, 6.45) is 7.93. The standard InChI is InChI=1S/C25H33N5O.2C2H6/c1-18(2)8-13-30-11-4-5-19(9-14-30)25(31)27-24-16-22-15-20(6-7-21(22)17-26-24)23-10-12-29(3)28-23;2*1-2/h6-7,10,12,15-19H,4-5,8-9,11,13-14H2,1-3H3,(H,26,27,31);2*1-2H3. The molecule has 4 rings (SSSR count). The number of amides is 1. The van der Waals surface area contributed by atoms with Crippen LogP contribution in [-0.4, -0.2) is 45.2 Å². The van der Waals surface area contributed by atoms with Gasteiger partial charge in [0, 0.05) is 36.3 Å². The lowest BCUT2D eigenvalue weighted by Gasteiger charge is -2.21. The molecule has 6 heteroatoms. The first-order valence-electron chi connectivity index (χ1n) is 13.4. The quantitative estimate of drug-likeness (QED) is 0.423. The second-order valence-electron chi connectivity index (χ2n) is 9.15. The third-order valence-electron chi connectivity index (χ3n) is 6.20. The molecule has 0 aliphatic carbocycles. The number of aromatic nitrogens is 3. The van der Waals surface area contributed by atoms with E-state index < -0.39 is 0 Å². The van der Waals surface area contributed by atoms with E-state index >= 15 is 0 Å². The van der Waals surface area contributed by atoms with Crippen molar-refractivity contribution >= 4 is 22.5 Å². The second kappa shape index (κ2) is 14.6. The molecule has 1 amide bonds. The molecule has 1 aliphatic heterocycles. The fourth-order valence-corrected chi connectivity index (χ4v) is 4.25. The van der Waals surface area contributed by atoms with Gasteiger partial charge in [-0.3, -0.25) is 9.48 Å². The van der Waals surface area contributed by atoms with Crippen LogP contribution in [0.1, 0.15) is 67.2 Å². The maximum absolute atomic E-state index is 12.9. The van der Waals surface area contributed by atoms with E-state index in [-0.39, 0.29) is 11.8 Å². The smallest absolute Gasteiger partial charge is 0.228 e. The van der Waals surface area contributed by atoms with Gasteiger partial charge >= 0.3 is 0 Å². The topological polar surface area (TPSA) is 63.1 Å². The number of aryl methyl sites for hydroxylation is 1. The number of carbonyl (C=O) groups excluding carboxylic acids is 1. The van der Waals surface area contributed by atoms with Crippen LogP contribution >= 0.6 is 0 Å². The van der Waals surface area contributed by atoms with Gasteiger partial charge in [0.2, 0.25) is 5.91 Å². The van der Waals surface area contributed by atoms with Crippen molar-refractivity contribution in [2.75, 3.05) is 25.0 Å². The summed E-state index contributed by atoms with van der Waals surface area (Å²) in [6.45, 7) is 15.8. The lowest BCUT2D eigenvalue weighted by molar-refractivity contribution is -0.120. The fraction of sp³-hybridized carbons (Fsp3) is 0.552. The van der Waals surface area contributed by atoms with E-state index in [4.69, 9.17) is 0 Å². The Morgan fingerprint density at radius 3 is 2.51 bits per heavy atom. The van der Waals surface area contributed by atoms with Gasteiger partial charge in [0.05, 0.1) is 5.69 Å². The minimum absolute atomic E-state index is 0.0569. The van der Waals surface area contributed by atoms with Crippen molar-refractivity contribution in [2.24, 2.45) is 18.9 Å². The molecular formula is C29H45N5O. The largest absolute Gasteiger partial charge is 0.310 e. The van der Waals surface area contributed by atoms with E-state index in [2.05, 4.69) is 52.3 Å². The van der Waals surface area contributed by atoms with Gasteiger partial charge in [0.1, 0.15) is 5.82 Å². The van der Waals surface area contributed by atoms with Crippen molar-refractivity contribution in [3.63, 3.8) is 0 Å². The van der Waals surface area contributed by atoms with Crippen molar-refractivity contribution in [1.29, 1.82) is 0 Å². The summed E-state index contributed by atoms with van der Waals surface area (Å²) in [5.74, 6) is 1.50. The fourth-order valence-electron chi connectivity index (χ4n) is 4.25. The van der Waals surface area contributed by atoms with Crippen LogP contribution in [0.3, 0.4) is 0 Å². The van der Waals surface area contributed by atoms with Gasteiger partial charge in [-0.2, -0.15) is 5.10 Å². The molecule has 1 fully saturated rings. The molecule has 2 aromatic heterocycles. The summed E-state index contributed by atoms with van der Waals surface area (Å²) in [4.78, 5) is 19.9. The lowest BCUT2D eigenvalue weighted by atomic mass is 10.00. The molecule has 1 N–H and O–H groups in total. The molecule has 1 atom stereocenters. The van der Waals surface area contributed by atoms with Crippen molar-refractivity contribution in [2.45, 2.75) is 67.2 Å². The number of nitrogens with zero attached hydrogens (tertiary/aromatic N) is 4. The third kappa shape index (κ3) is 8.46. The highest BCUT2D eigenvalue weighted by atomic mass is 16.1. The minimum atomic E-state index is 0.0569. The van der Waals surface area contributed by atoms with E-state index in [1.165, 1.54) is 6.42 Å². The molecule has 1 saturated heterocycles. The van der Waals surface area contributed by atoms with Crippen LogP contribution in [-0.2, 0) is 11.8 Å². The summed E-state index contributed by atoms with van der Waals surface area (Å²) < 4.78 is 1.80. The lowest BCUT2D eigenvalue weighted by Crippen LogP contribution is -2.28. The number of likely N-dealkylation sites (tertiary alicyclic amines) is 1. The monoisotopic (exact) mass is 479 g/mol. The average molecular weight is 480 g/mol. The van der Waals surface area contributed by atoms with Crippen LogP contribution in [0.2, 0.25) is 0 Å². The summed E-state index contributed by atoms with van der Waals surface area (Å²) in [7, 11) is 1.92. The number of nitrogens with one attached hydrogen (secondary N) is 1. The average Bonchev–Trinajstić information content (AvgIpc) is 3.17. The molecule has 3 aromatic rings. The molecule has 6 nitrogen and oxygen atoms in total. The van der Waals surface area contributed by atoms with E-state index in [0.717, 1.165) is 66.8 Å². The highest BCUT2D eigenvalue weighted by molar-refractivity contribution is 5.95. The van der Waals surface area contributed by atoms with Crippen molar-refractivity contribution in [3.05, 3.63) is 42.7 Å². The van der Waals surface area contributed by atoms with Crippen LogP contribution in [0.5, 0.6) is 0 Å². The van der Waals surface area contributed by atoms with Gasteiger partial charge in [-0.25, -0.2) is 4.98 Å². The SMILES string of the molecule is CC.CC.CC(C)CCN1CCCC(C(=O)Nc2cc3cc(-c4ccn(C)n4)ccc3cn2)CC1. The Kier molecular flexibility index (Phi) is 11.9. The molecular weight excluding hydrogens is 434 g/mol. The van der Waals surface area contributed by atoms with Gasteiger partial charge in [-0.05, 0) is 74.8 Å². The highest BCUT2D eigenvalue weighted by Gasteiger charge is 2.23. The van der Waals surface area contributed by atoms with Crippen LogP contribution < -0.4 is 5.32 Å². The van der Waals surface area contributed by atoms with Crippen molar-refractivity contribution in [3.8, 4) is 11.3 Å². The maximum atomic E-state index is 12.9. The summed E-state index contributed by atoms with van der Waals surface area (Å²) in [5, 5.41) is 9.66. The second-order valence-corrected chi connectivity index (χ2v) is 9.15. The molecule has 35 heavy (non-hydrogen) atoms. The molecule has 3 heterocycles. The Bertz CT molecular complexity index is 1040.